The van der Waals surface area contributed by atoms with Crippen LogP contribution in [0, 0.1) is 12.7 Å². The quantitative estimate of drug-likeness (QED) is 0.122. The zero-order valence-electron chi connectivity index (χ0n) is 38.0. The van der Waals surface area contributed by atoms with Gasteiger partial charge in [0.05, 0.1) is 12.0 Å². The van der Waals surface area contributed by atoms with Gasteiger partial charge in [-0.05, 0) is 135 Å². The van der Waals surface area contributed by atoms with Gasteiger partial charge >= 0.3 is 0 Å². The van der Waals surface area contributed by atoms with Crippen LogP contribution in [0.15, 0.2) is 84.9 Å². The number of ether oxygens (including phenoxy) is 1. The SMILES string of the molecule is Cc1c(C(=O)Nc2ccc(O)cc2)cc(-c2cc3c(cc2C(=O)N2Cc4ccccc4C[C@H]2CN2CCCCC2)CN(C(=O)Cc2ccc(OCCN4CCC(F)CC4)cc2F)CC3)n1C. The number of nitrogens with zero attached hydrogens (tertiary/aromatic N) is 5. The minimum absolute atomic E-state index is 0.0545. The number of halogens is 2. The molecule has 0 radical (unpaired) electrons. The molecule has 13 heteroatoms. The van der Waals surface area contributed by atoms with Gasteiger partial charge < -0.3 is 34.4 Å². The Balaban J connectivity index is 0.992. The number of nitrogens with one attached hydrogen (secondary N) is 1. The lowest BCUT2D eigenvalue weighted by Crippen LogP contribution is -2.51. The van der Waals surface area contributed by atoms with E-state index in [1.165, 1.54) is 30.2 Å². The van der Waals surface area contributed by atoms with Crippen molar-refractivity contribution in [3.05, 3.63) is 135 Å². The third-order valence-corrected chi connectivity index (χ3v) is 14.2. The first kappa shape index (κ1) is 45.1. The standard InChI is InChI=1S/C53H60F2N6O5/c1-35-46(52(64)56-42-11-13-44(62)14-12-42)31-50(57(35)2)47-27-37-16-23-60(51(63)29-38-10-15-45(30-49(38)55)66-25-24-58-21-17-41(54)18-22-58)32-40(37)28-48(47)53(65)61-33-39-9-5-4-8-36(39)26-43(61)34-59-19-6-3-7-20-59/h4-5,8-15,27-28,30-31,41,43,62H,3,6-7,16-26,29,32-34H2,1-2H3,(H,56,64)/t43-/m0/s1. The van der Waals surface area contributed by atoms with Crippen molar-refractivity contribution in [2.24, 2.45) is 7.05 Å². The molecule has 0 unspecified atom stereocenters. The van der Waals surface area contributed by atoms with Crippen molar-refractivity contribution in [1.29, 1.82) is 0 Å². The van der Waals surface area contributed by atoms with Crippen molar-refractivity contribution in [1.82, 2.24) is 24.2 Å². The summed E-state index contributed by atoms with van der Waals surface area (Å²) in [5, 5.41) is 12.7. The van der Waals surface area contributed by atoms with E-state index in [2.05, 4.69) is 39.4 Å². The van der Waals surface area contributed by atoms with Crippen LogP contribution in [0.1, 0.15) is 86.3 Å². The van der Waals surface area contributed by atoms with Crippen molar-refractivity contribution in [2.45, 2.75) is 83.6 Å². The number of alkyl halides is 1. The van der Waals surface area contributed by atoms with Crippen LogP contribution >= 0.6 is 0 Å². The smallest absolute Gasteiger partial charge is 0.257 e. The average molecular weight is 899 g/mol. The van der Waals surface area contributed by atoms with E-state index in [1.54, 1.807) is 29.2 Å². The van der Waals surface area contributed by atoms with Gasteiger partial charge in [0.25, 0.3) is 11.8 Å². The number of hydrogen-bond donors (Lipinski definition) is 2. The summed E-state index contributed by atoms with van der Waals surface area (Å²) < 4.78 is 36.8. The molecule has 9 rings (SSSR count). The van der Waals surface area contributed by atoms with Crippen molar-refractivity contribution >= 4 is 23.4 Å². The number of carbonyl (C=O) groups excluding carboxylic acids is 3. The van der Waals surface area contributed by atoms with Gasteiger partial charge in [-0.25, -0.2) is 8.78 Å². The lowest BCUT2D eigenvalue weighted by atomic mass is 9.89. The Bertz CT molecular complexity index is 2580. The first-order valence-corrected chi connectivity index (χ1v) is 23.6. The van der Waals surface area contributed by atoms with Crippen molar-refractivity contribution < 1.29 is 33.0 Å². The topological polar surface area (TPSA) is 111 Å². The number of benzene rings is 4. The Labute approximate surface area is 385 Å². The first-order valence-electron chi connectivity index (χ1n) is 23.6. The number of anilines is 1. The van der Waals surface area contributed by atoms with E-state index in [4.69, 9.17) is 4.74 Å². The summed E-state index contributed by atoms with van der Waals surface area (Å²) >= 11 is 0. The summed E-state index contributed by atoms with van der Waals surface area (Å²) in [5.74, 6) is -0.639. The molecule has 4 aliphatic rings. The minimum Gasteiger partial charge on any atom is -0.508 e. The highest BCUT2D eigenvalue weighted by atomic mass is 19.1. The highest BCUT2D eigenvalue weighted by molar-refractivity contribution is 6.07. The largest absolute Gasteiger partial charge is 0.508 e. The third kappa shape index (κ3) is 10.0. The maximum Gasteiger partial charge on any atom is 0.257 e. The molecule has 0 bridgehead atoms. The molecule has 0 spiro atoms. The summed E-state index contributed by atoms with van der Waals surface area (Å²) in [5.41, 5.74) is 8.23. The average Bonchev–Trinajstić information content (AvgIpc) is 3.63. The van der Waals surface area contributed by atoms with Crippen LogP contribution in [0.4, 0.5) is 14.5 Å². The molecule has 11 nitrogen and oxygen atoms in total. The molecular weight excluding hydrogens is 839 g/mol. The number of aromatic hydroxyl groups is 1. The second-order valence-corrected chi connectivity index (χ2v) is 18.5. The van der Waals surface area contributed by atoms with Gasteiger partial charge in [0.2, 0.25) is 5.91 Å². The fourth-order valence-electron chi connectivity index (χ4n) is 10.2. The fourth-order valence-corrected chi connectivity index (χ4v) is 10.2. The normalized spacial score (nSPS) is 18.2. The molecule has 2 N–H and O–H groups in total. The van der Waals surface area contributed by atoms with Gasteiger partial charge in [-0.15, -0.1) is 0 Å². The minimum atomic E-state index is -0.744. The molecule has 4 aromatic carbocycles. The molecule has 1 aromatic heterocycles. The molecule has 5 aromatic rings. The molecule has 2 saturated heterocycles. The highest BCUT2D eigenvalue weighted by Gasteiger charge is 2.35. The number of rotatable bonds is 12. The summed E-state index contributed by atoms with van der Waals surface area (Å²) in [7, 11) is 1.91. The van der Waals surface area contributed by atoms with Gasteiger partial charge in [-0.2, -0.15) is 0 Å². The van der Waals surface area contributed by atoms with Crippen LogP contribution in [0.5, 0.6) is 11.5 Å². The molecular formula is C53H60F2N6O5. The number of phenolic OH excluding ortho intramolecular Hbond substituents is 1. The highest BCUT2D eigenvalue weighted by Crippen LogP contribution is 2.36. The van der Waals surface area contributed by atoms with E-state index in [0.717, 1.165) is 72.5 Å². The summed E-state index contributed by atoms with van der Waals surface area (Å²) in [6.07, 6.45) is 4.97. The first-order chi connectivity index (χ1) is 32.0. The second kappa shape index (κ2) is 19.8. The predicted octanol–water partition coefficient (Wildman–Crippen LogP) is 8.09. The van der Waals surface area contributed by atoms with Crippen LogP contribution in [-0.4, -0.2) is 112 Å². The van der Waals surface area contributed by atoms with Gasteiger partial charge in [-0.3, -0.25) is 19.3 Å². The molecule has 3 amide bonds. The number of aromatic nitrogens is 1. The third-order valence-electron chi connectivity index (χ3n) is 14.2. The molecule has 4 aliphatic heterocycles. The fraction of sp³-hybridized carbons (Fsp3) is 0.415. The number of fused-ring (bicyclic) bond motifs is 2. The van der Waals surface area contributed by atoms with Crippen LogP contribution in [0.2, 0.25) is 0 Å². The van der Waals surface area contributed by atoms with Gasteiger partial charge in [-0.1, -0.05) is 36.8 Å². The number of carbonyl (C=O) groups is 3. The van der Waals surface area contributed by atoms with Gasteiger partial charge in [0.1, 0.15) is 30.1 Å². The Morgan fingerprint density at radius 1 is 0.803 bits per heavy atom. The molecule has 2 fully saturated rings. The molecule has 346 valence electrons. The summed E-state index contributed by atoms with van der Waals surface area (Å²) in [4.78, 5) is 51.6. The second-order valence-electron chi connectivity index (χ2n) is 18.5. The maximum atomic E-state index is 15.5. The molecule has 0 saturated carbocycles. The van der Waals surface area contributed by atoms with E-state index in [1.807, 2.05) is 41.6 Å². The van der Waals surface area contributed by atoms with Crippen LogP contribution < -0.4 is 10.1 Å². The van der Waals surface area contributed by atoms with Crippen LogP contribution in [0.25, 0.3) is 11.3 Å². The molecule has 5 heterocycles. The summed E-state index contributed by atoms with van der Waals surface area (Å²) in [6.45, 7) is 8.21. The van der Waals surface area contributed by atoms with Gasteiger partial charge in [0, 0.05) is 93.2 Å². The van der Waals surface area contributed by atoms with Crippen LogP contribution in [0.3, 0.4) is 0 Å². The van der Waals surface area contributed by atoms with E-state index in [0.29, 0.717) is 81.2 Å². The van der Waals surface area contributed by atoms with E-state index >= 15 is 9.18 Å². The Hall–Kier alpha value is -6.05. The van der Waals surface area contributed by atoms with E-state index in [-0.39, 0.29) is 48.0 Å². The van der Waals surface area contributed by atoms with E-state index in [9.17, 15) is 19.1 Å². The van der Waals surface area contributed by atoms with Crippen molar-refractivity contribution in [2.75, 3.05) is 57.7 Å². The Morgan fingerprint density at radius 2 is 1.56 bits per heavy atom. The number of piperidine rings is 2. The number of amides is 3. The monoisotopic (exact) mass is 898 g/mol. The zero-order valence-corrected chi connectivity index (χ0v) is 38.0. The Morgan fingerprint density at radius 3 is 2.32 bits per heavy atom. The van der Waals surface area contributed by atoms with Crippen molar-refractivity contribution in [3.8, 4) is 22.8 Å². The Kier molecular flexibility index (Phi) is 13.5. The lowest BCUT2D eigenvalue weighted by molar-refractivity contribution is -0.131. The summed E-state index contributed by atoms with van der Waals surface area (Å²) in [6, 6.07) is 25.1. The predicted molar refractivity (Wildman–Crippen MR) is 251 cm³/mol. The molecule has 0 aliphatic carbocycles. The zero-order chi connectivity index (χ0) is 45.9. The number of hydrogen-bond acceptors (Lipinski definition) is 7. The van der Waals surface area contributed by atoms with Crippen molar-refractivity contribution in [3.63, 3.8) is 0 Å². The van der Waals surface area contributed by atoms with Gasteiger partial charge in [0.15, 0.2) is 0 Å². The molecule has 1 atom stereocenters. The lowest BCUT2D eigenvalue weighted by Gasteiger charge is -2.41. The maximum absolute atomic E-state index is 15.5. The van der Waals surface area contributed by atoms with E-state index < -0.39 is 12.0 Å². The molecule has 66 heavy (non-hydrogen) atoms. The number of phenols is 1. The number of likely N-dealkylation sites (tertiary alicyclic amines) is 2. The van der Waals surface area contributed by atoms with Crippen LogP contribution in [-0.2, 0) is 44.2 Å².